The summed E-state index contributed by atoms with van der Waals surface area (Å²) >= 11 is 4.91. The molecular weight excluding hydrogens is 222 g/mol. The van der Waals surface area contributed by atoms with Crippen molar-refractivity contribution in [2.75, 3.05) is 37.6 Å². The first-order valence-corrected chi connectivity index (χ1v) is 5.80. The van der Waals surface area contributed by atoms with Gasteiger partial charge in [0.1, 0.15) is 0 Å². The molecule has 0 aliphatic carbocycles. The van der Waals surface area contributed by atoms with Gasteiger partial charge in [-0.25, -0.2) is 4.98 Å². The fourth-order valence-electron chi connectivity index (χ4n) is 1.99. The smallest absolute Gasteiger partial charge is 0.205 e. The van der Waals surface area contributed by atoms with Crippen LogP contribution in [0.3, 0.4) is 0 Å². The van der Waals surface area contributed by atoms with Crippen LogP contribution in [0, 0.1) is 0 Å². The van der Waals surface area contributed by atoms with E-state index in [0.717, 1.165) is 38.7 Å². The predicted octanol–water partition coefficient (Wildman–Crippen LogP) is -0.172. The molecule has 1 saturated heterocycles. The van der Waals surface area contributed by atoms with Crippen molar-refractivity contribution in [3.63, 3.8) is 0 Å². The minimum Gasteiger partial charge on any atom is -0.392 e. The number of piperazine rings is 1. The Kier molecular flexibility index (Phi) is 3.40. The third-order valence-corrected chi connectivity index (χ3v) is 2.96. The second-order valence-corrected chi connectivity index (χ2v) is 4.59. The molecule has 0 unspecified atom stereocenters. The first kappa shape index (κ1) is 11.3. The van der Waals surface area contributed by atoms with Crippen molar-refractivity contribution in [1.82, 2.24) is 14.5 Å². The average molecular weight is 239 g/mol. The van der Waals surface area contributed by atoms with E-state index in [0.29, 0.717) is 4.99 Å². The lowest BCUT2D eigenvalue weighted by molar-refractivity contribution is 0.290. The molecule has 1 aliphatic heterocycles. The van der Waals surface area contributed by atoms with Gasteiger partial charge in [-0.05, 0) is 0 Å². The van der Waals surface area contributed by atoms with Gasteiger partial charge in [-0.1, -0.05) is 12.2 Å². The van der Waals surface area contributed by atoms with Gasteiger partial charge in [-0.3, -0.25) is 4.90 Å². The number of nitrogens with two attached hydrogens (primary N) is 1. The van der Waals surface area contributed by atoms with Crippen LogP contribution in [0.2, 0.25) is 0 Å². The van der Waals surface area contributed by atoms with Crippen LogP contribution in [0.15, 0.2) is 12.4 Å². The molecule has 1 aliphatic rings. The lowest BCUT2D eigenvalue weighted by Crippen LogP contribution is -2.49. The van der Waals surface area contributed by atoms with Gasteiger partial charge in [0.25, 0.3) is 0 Å². The van der Waals surface area contributed by atoms with Gasteiger partial charge < -0.3 is 15.2 Å². The first-order chi connectivity index (χ1) is 7.66. The van der Waals surface area contributed by atoms with Crippen molar-refractivity contribution in [3.05, 3.63) is 12.4 Å². The maximum atomic E-state index is 5.54. The highest BCUT2D eigenvalue weighted by molar-refractivity contribution is 7.80. The predicted molar refractivity (Wildman–Crippen MR) is 68.6 cm³/mol. The minimum atomic E-state index is 0.574. The zero-order chi connectivity index (χ0) is 11.5. The van der Waals surface area contributed by atoms with E-state index in [9.17, 15) is 0 Å². The molecule has 2 heterocycles. The zero-order valence-corrected chi connectivity index (χ0v) is 10.3. The Morgan fingerprint density at radius 3 is 2.62 bits per heavy atom. The summed E-state index contributed by atoms with van der Waals surface area (Å²) in [6.45, 7) is 4.67. The van der Waals surface area contributed by atoms with Crippen LogP contribution in [-0.2, 0) is 7.05 Å². The van der Waals surface area contributed by atoms with Gasteiger partial charge >= 0.3 is 0 Å². The zero-order valence-electron chi connectivity index (χ0n) is 9.46. The van der Waals surface area contributed by atoms with E-state index in [1.807, 2.05) is 24.0 Å². The van der Waals surface area contributed by atoms with E-state index < -0.39 is 0 Å². The lowest BCUT2D eigenvalue weighted by Gasteiger charge is -2.34. The molecular formula is C10H17N5S. The van der Waals surface area contributed by atoms with E-state index in [1.165, 1.54) is 0 Å². The SMILES string of the molecule is Cn1ccnc1N1CCN(CC(N)=S)CC1. The molecule has 1 aromatic heterocycles. The number of hydrogen-bond donors (Lipinski definition) is 1. The highest BCUT2D eigenvalue weighted by atomic mass is 32.1. The number of anilines is 1. The Morgan fingerprint density at radius 1 is 1.44 bits per heavy atom. The highest BCUT2D eigenvalue weighted by Gasteiger charge is 2.19. The third kappa shape index (κ3) is 2.51. The number of rotatable bonds is 3. The van der Waals surface area contributed by atoms with Gasteiger partial charge in [0.15, 0.2) is 0 Å². The maximum Gasteiger partial charge on any atom is 0.205 e. The second-order valence-electron chi connectivity index (χ2n) is 4.07. The van der Waals surface area contributed by atoms with Crippen LogP contribution >= 0.6 is 12.2 Å². The number of thiocarbonyl (C=S) groups is 1. The minimum absolute atomic E-state index is 0.574. The fraction of sp³-hybridized carbons (Fsp3) is 0.600. The molecule has 1 aromatic rings. The van der Waals surface area contributed by atoms with E-state index in [2.05, 4.69) is 14.8 Å². The fourth-order valence-corrected chi connectivity index (χ4v) is 2.17. The molecule has 0 radical (unpaired) electrons. The molecule has 2 rings (SSSR count). The summed E-state index contributed by atoms with van der Waals surface area (Å²) in [6.07, 6.45) is 3.80. The molecule has 0 spiro atoms. The topological polar surface area (TPSA) is 50.3 Å². The Hall–Kier alpha value is -1.14. The molecule has 0 atom stereocenters. The van der Waals surface area contributed by atoms with Crippen LogP contribution in [-0.4, -0.2) is 52.2 Å². The van der Waals surface area contributed by atoms with Crippen molar-refractivity contribution in [2.24, 2.45) is 12.8 Å². The monoisotopic (exact) mass is 239 g/mol. The van der Waals surface area contributed by atoms with Crippen molar-refractivity contribution in [3.8, 4) is 0 Å². The van der Waals surface area contributed by atoms with Gasteiger partial charge in [-0.15, -0.1) is 0 Å². The van der Waals surface area contributed by atoms with Crippen LogP contribution in [0.1, 0.15) is 0 Å². The van der Waals surface area contributed by atoms with E-state index in [-0.39, 0.29) is 0 Å². The largest absolute Gasteiger partial charge is 0.392 e. The summed E-state index contributed by atoms with van der Waals surface area (Å²) in [5, 5.41) is 0. The standard InChI is InChI=1S/C10H17N5S/c1-13-3-2-12-10(13)15-6-4-14(5-7-15)8-9(11)16/h2-3H,4-8H2,1H3,(H2,11,16). The number of aromatic nitrogens is 2. The van der Waals surface area contributed by atoms with Crippen LogP contribution in [0.5, 0.6) is 0 Å². The summed E-state index contributed by atoms with van der Waals surface area (Å²) in [5.41, 5.74) is 5.54. The van der Waals surface area contributed by atoms with E-state index >= 15 is 0 Å². The number of hydrogen-bond acceptors (Lipinski definition) is 4. The van der Waals surface area contributed by atoms with E-state index in [4.69, 9.17) is 18.0 Å². The van der Waals surface area contributed by atoms with Crippen molar-refractivity contribution in [2.45, 2.75) is 0 Å². The molecule has 16 heavy (non-hydrogen) atoms. The summed E-state index contributed by atoms with van der Waals surface area (Å²) in [4.78, 5) is 9.49. The maximum absolute atomic E-state index is 5.54. The molecule has 1 fully saturated rings. The second kappa shape index (κ2) is 4.80. The molecule has 0 saturated carbocycles. The number of aryl methyl sites for hydroxylation is 1. The number of nitrogens with zero attached hydrogens (tertiary/aromatic N) is 4. The molecule has 0 bridgehead atoms. The first-order valence-electron chi connectivity index (χ1n) is 5.40. The van der Waals surface area contributed by atoms with Gasteiger partial charge in [0.05, 0.1) is 4.99 Å². The van der Waals surface area contributed by atoms with Crippen molar-refractivity contribution < 1.29 is 0 Å². The molecule has 5 nitrogen and oxygen atoms in total. The average Bonchev–Trinajstić information content (AvgIpc) is 2.65. The van der Waals surface area contributed by atoms with Crippen molar-refractivity contribution in [1.29, 1.82) is 0 Å². The van der Waals surface area contributed by atoms with E-state index in [1.54, 1.807) is 0 Å². The van der Waals surface area contributed by atoms with Gasteiger partial charge in [0.2, 0.25) is 5.95 Å². The highest BCUT2D eigenvalue weighted by Crippen LogP contribution is 2.12. The summed E-state index contributed by atoms with van der Waals surface area (Å²) in [5.74, 6) is 1.04. The number of imidazole rings is 1. The Labute approximate surface area is 101 Å². The molecule has 2 N–H and O–H groups in total. The van der Waals surface area contributed by atoms with Gasteiger partial charge in [-0.2, -0.15) is 0 Å². The molecule has 6 heteroatoms. The Morgan fingerprint density at radius 2 is 2.12 bits per heavy atom. The van der Waals surface area contributed by atoms with Crippen LogP contribution in [0.25, 0.3) is 0 Å². The summed E-state index contributed by atoms with van der Waals surface area (Å²) in [7, 11) is 2.02. The Bertz CT molecular complexity index is 367. The normalized spacial score (nSPS) is 17.7. The molecule has 0 amide bonds. The molecule has 0 aromatic carbocycles. The van der Waals surface area contributed by atoms with Crippen LogP contribution < -0.4 is 10.6 Å². The van der Waals surface area contributed by atoms with Gasteiger partial charge in [0, 0.05) is 52.2 Å². The summed E-state index contributed by atoms with van der Waals surface area (Å²) in [6, 6.07) is 0. The quantitative estimate of drug-likeness (QED) is 0.742. The summed E-state index contributed by atoms with van der Waals surface area (Å²) < 4.78 is 2.04. The lowest BCUT2D eigenvalue weighted by atomic mass is 10.3. The third-order valence-electron chi connectivity index (χ3n) is 2.83. The van der Waals surface area contributed by atoms with Crippen LogP contribution in [0.4, 0.5) is 5.95 Å². The van der Waals surface area contributed by atoms with Crippen molar-refractivity contribution >= 4 is 23.2 Å². The molecule has 88 valence electrons. The Balaban J connectivity index is 1.90.